The number of imidazole rings is 2. The van der Waals surface area contributed by atoms with Gasteiger partial charge in [0.15, 0.2) is 46.4 Å². The maximum atomic E-state index is 13.6. The van der Waals surface area contributed by atoms with Crippen LogP contribution in [-0.2, 0) is 79.8 Å². The zero-order valence-corrected chi connectivity index (χ0v) is 48.3. The number of methoxy groups -OCH3 is 2. The first-order chi connectivity index (χ1) is 42.2. The molecule has 468 valence electrons. The Morgan fingerprint density at radius 3 is 1.33 bits per heavy atom. The Labute approximate surface area is 499 Å². The van der Waals surface area contributed by atoms with Crippen LogP contribution in [0.15, 0.2) is 86.0 Å². The fraction of sp³-hybridized carbons (Fsp3) is 0.500. The van der Waals surface area contributed by atoms with Crippen molar-refractivity contribution in [2.75, 3.05) is 51.2 Å². The lowest BCUT2D eigenvalue weighted by Gasteiger charge is -2.38. The van der Waals surface area contributed by atoms with Crippen molar-refractivity contribution >= 4 is 69.9 Å². The number of likely N-dealkylation sites (tertiary alicyclic amines) is 2. The Morgan fingerprint density at radius 2 is 0.966 bits per heavy atom. The number of benzene rings is 2. The van der Waals surface area contributed by atoms with Gasteiger partial charge in [-0.2, -0.15) is 0 Å². The van der Waals surface area contributed by atoms with Crippen molar-refractivity contribution in [3.05, 3.63) is 97.1 Å². The number of piperidine rings is 2. The fourth-order valence-corrected chi connectivity index (χ4v) is 12.1. The maximum absolute atomic E-state index is 13.6. The molecule has 12 rings (SSSR count). The van der Waals surface area contributed by atoms with Crippen LogP contribution in [0.1, 0.15) is 64.1 Å². The Kier molecular flexibility index (Phi) is 16.9. The van der Waals surface area contributed by atoms with E-state index in [1.165, 1.54) is 44.2 Å². The zero-order valence-electron chi connectivity index (χ0n) is 48.3. The van der Waals surface area contributed by atoms with Gasteiger partial charge in [-0.25, -0.2) is 49.1 Å². The van der Waals surface area contributed by atoms with Gasteiger partial charge < -0.3 is 77.6 Å². The molecule has 4 amide bonds. The number of hydrogen-bond acceptors (Lipinski definition) is 26. The molecule has 32 heteroatoms. The summed E-state index contributed by atoms with van der Waals surface area (Å²) >= 11 is 0. The van der Waals surface area contributed by atoms with E-state index >= 15 is 0 Å². The topological polar surface area (TPSA) is 393 Å². The summed E-state index contributed by atoms with van der Waals surface area (Å²) in [7, 11) is 2.32. The Bertz CT molecular complexity index is 3370. The number of fused-ring (bicyclic) bond motifs is 6. The van der Waals surface area contributed by atoms with Crippen LogP contribution in [0.25, 0.3) is 22.3 Å². The minimum atomic E-state index is -1.98. The van der Waals surface area contributed by atoms with E-state index in [2.05, 4.69) is 40.5 Å². The second-order valence-corrected chi connectivity index (χ2v) is 21.7. The molecule has 6 fully saturated rings. The minimum absolute atomic E-state index is 0.0490. The van der Waals surface area contributed by atoms with E-state index in [4.69, 9.17) is 47.4 Å². The van der Waals surface area contributed by atoms with E-state index < -0.39 is 120 Å². The highest BCUT2D eigenvalue weighted by Gasteiger charge is 2.76. The molecule has 6 saturated heterocycles. The van der Waals surface area contributed by atoms with E-state index in [1.54, 1.807) is 27.7 Å². The van der Waals surface area contributed by atoms with Crippen molar-refractivity contribution in [1.82, 2.24) is 48.8 Å². The predicted molar refractivity (Wildman–Crippen MR) is 295 cm³/mol. The molecule has 88 heavy (non-hydrogen) atoms. The van der Waals surface area contributed by atoms with E-state index in [9.17, 15) is 49.2 Å². The minimum Gasteiger partial charge on any atom is -0.466 e. The molecule has 6 N–H and O–H groups in total. The third-order valence-corrected chi connectivity index (χ3v) is 16.3. The molecule has 32 nitrogen and oxygen atoms in total. The van der Waals surface area contributed by atoms with Crippen LogP contribution >= 0.6 is 0 Å². The molecule has 6 aliphatic heterocycles. The number of hydrogen-bond donors (Lipinski definition) is 6. The number of amides is 4. The Hall–Kier alpha value is -8.44. The molecule has 4 aromatic heterocycles. The average Bonchev–Trinajstić information content (AvgIpc) is 1.55. The van der Waals surface area contributed by atoms with E-state index in [0.29, 0.717) is 0 Å². The molecule has 5 unspecified atom stereocenters. The van der Waals surface area contributed by atoms with E-state index in [-0.39, 0.29) is 86.3 Å². The molecule has 10 heterocycles. The number of esters is 2. The summed E-state index contributed by atoms with van der Waals surface area (Å²) in [6.07, 6.45) is -8.05. The van der Waals surface area contributed by atoms with Crippen molar-refractivity contribution in [3.63, 3.8) is 0 Å². The van der Waals surface area contributed by atoms with Gasteiger partial charge in [0.05, 0.1) is 40.0 Å². The van der Waals surface area contributed by atoms with Crippen LogP contribution in [0, 0.1) is 0 Å². The van der Waals surface area contributed by atoms with Crippen molar-refractivity contribution in [2.45, 2.75) is 138 Å². The number of carbonyl (C=O) groups excluding carboxylic acids is 6. The fourth-order valence-electron chi connectivity index (χ4n) is 12.1. The molecule has 4 bridgehead atoms. The van der Waals surface area contributed by atoms with Crippen LogP contribution in [0.2, 0.25) is 0 Å². The summed E-state index contributed by atoms with van der Waals surface area (Å²) in [5.41, 5.74) is -4.08. The predicted octanol–water partition coefficient (Wildman–Crippen LogP) is 0.980. The number of rotatable bonds is 18. The molecule has 14 atom stereocenters. The normalized spacial score (nSPS) is 31.1. The van der Waals surface area contributed by atoms with Crippen LogP contribution in [0.5, 0.6) is 0 Å². The first-order valence-corrected chi connectivity index (χ1v) is 28.0. The van der Waals surface area contributed by atoms with Gasteiger partial charge >= 0.3 is 24.1 Å². The average molecular weight is 1230 g/mol. The van der Waals surface area contributed by atoms with Gasteiger partial charge in [0, 0.05) is 26.1 Å². The standard InChI is InChI=1S/2C28H32N6O10/c2*1-4-41-17-10-27(2)34(24(37)28(17,44-27)25(38)40-3)11-16-19(35)20(36)23(43-16)33-14-31-18-21(29-13-30-22(18)33)32-26(39)42-12-15-8-6-5-7-9-15/h2*5-9,13-14,16-17,19-20,23,35-36H,4,10-12H2,1-3H3,(H,29,30,32,39)/t16-,17?,19-,20-,23-,27?,28?;16-,17?,19-,20-,23-,27-,28?/m11/s1. The summed E-state index contributed by atoms with van der Waals surface area (Å²) in [5.74, 6) is -2.98. The lowest BCUT2D eigenvalue weighted by atomic mass is 9.88. The van der Waals surface area contributed by atoms with Gasteiger partial charge in [-0.15, -0.1) is 0 Å². The highest BCUT2D eigenvalue weighted by Crippen LogP contribution is 2.53. The third-order valence-electron chi connectivity index (χ3n) is 16.3. The van der Waals surface area contributed by atoms with Gasteiger partial charge in [0.1, 0.15) is 86.2 Å². The lowest BCUT2D eigenvalue weighted by molar-refractivity contribution is -0.179. The SMILES string of the molecule is CCOC1CC2(C)OC1(C(=O)OC)C(=O)N2C[C@H]1O[C@@H](n2cnc3c(NC(=O)OCc4ccccc4)ncnc32)[C@H](O)[C@@H]1O.CCOC1C[C@@]2(C)OC1(C(=O)OC)C(=O)N2C[C@H]1O[C@@H](n2cnc3c(NC(=O)OCc4ccccc4)ncnc32)[C@H](O)[C@@H]1O. The molecular formula is C56H64N12O20. The van der Waals surface area contributed by atoms with Crippen molar-refractivity contribution < 1.29 is 96.6 Å². The molecule has 0 saturated carbocycles. The second kappa shape index (κ2) is 24.3. The lowest BCUT2D eigenvalue weighted by Crippen LogP contribution is -2.61. The maximum Gasteiger partial charge on any atom is 0.413 e. The smallest absolute Gasteiger partial charge is 0.413 e. The Balaban J connectivity index is 0.000000182. The first kappa shape index (κ1) is 61.2. The highest BCUT2D eigenvalue weighted by molar-refractivity contribution is 6.10. The molecule has 0 aliphatic carbocycles. The van der Waals surface area contributed by atoms with Gasteiger partial charge in [0.2, 0.25) is 0 Å². The summed E-state index contributed by atoms with van der Waals surface area (Å²) in [5, 5.41) is 49.0. The van der Waals surface area contributed by atoms with Gasteiger partial charge in [-0.3, -0.25) is 29.4 Å². The van der Waals surface area contributed by atoms with Crippen molar-refractivity contribution in [2.24, 2.45) is 0 Å². The number of ether oxygens (including phenoxy) is 10. The quantitative estimate of drug-likeness (QED) is 0.0397. The second-order valence-electron chi connectivity index (χ2n) is 21.7. The molecular weight excluding hydrogens is 1160 g/mol. The van der Waals surface area contributed by atoms with Crippen molar-refractivity contribution in [3.8, 4) is 0 Å². The first-order valence-electron chi connectivity index (χ1n) is 28.0. The van der Waals surface area contributed by atoms with Gasteiger partial charge in [-0.05, 0) is 38.8 Å². The summed E-state index contributed by atoms with van der Waals surface area (Å²) < 4.78 is 58.6. The number of aromatic nitrogens is 8. The highest BCUT2D eigenvalue weighted by atomic mass is 16.7. The largest absolute Gasteiger partial charge is 0.466 e. The van der Waals surface area contributed by atoms with Gasteiger partial charge in [-0.1, -0.05) is 60.7 Å². The number of aliphatic hydroxyl groups is 4. The van der Waals surface area contributed by atoms with Crippen LogP contribution < -0.4 is 10.6 Å². The monoisotopic (exact) mass is 1220 g/mol. The van der Waals surface area contributed by atoms with Crippen LogP contribution in [-0.4, -0.2) is 217 Å². The number of aliphatic hydroxyl groups excluding tert-OH is 4. The summed E-state index contributed by atoms with van der Waals surface area (Å²) in [4.78, 5) is 106. The summed E-state index contributed by atoms with van der Waals surface area (Å²) in [6, 6.07) is 18.3. The Morgan fingerprint density at radius 1 is 0.580 bits per heavy atom. The van der Waals surface area contributed by atoms with Crippen molar-refractivity contribution in [1.29, 1.82) is 0 Å². The van der Waals surface area contributed by atoms with Crippen LogP contribution in [0.4, 0.5) is 21.2 Å². The zero-order chi connectivity index (χ0) is 62.5. The molecule has 2 aromatic carbocycles. The molecule has 6 aliphatic rings. The number of anilines is 2. The number of nitrogens with zero attached hydrogens (tertiary/aromatic N) is 10. The number of carbonyl (C=O) groups is 6. The van der Waals surface area contributed by atoms with E-state index in [1.807, 2.05) is 60.7 Å². The van der Waals surface area contributed by atoms with Gasteiger partial charge in [0.25, 0.3) is 23.0 Å². The summed E-state index contributed by atoms with van der Waals surface area (Å²) in [6.45, 7) is 6.97. The van der Waals surface area contributed by atoms with Crippen LogP contribution in [0.3, 0.4) is 0 Å². The molecule has 6 aromatic rings. The molecule has 0 radical (unpaired) electrons. The third kappa shape index (κ3) is 10.6. The number of nitrogens with one attached hydrogen (secondary N) is 2. The molecule has 0 spiro atoms. The van der Waals surface area contributed by atoms with E-state index in [0.717, 1.165) is 25.3 Å².